The maximum Gasteiger partial charge on any atom is 0.391 e. The number of halogens is 6. The zero-order valence-corrected chi connectivity index (χ0v) is 27.6. The average molecular weight is 686 g/mol. The maximum atomic E-state index is 14.3. The molecule has 2 fully saturated rings. The largest absolute Gasteiger partial charge is 0.391 e. The number of imidazole rings is 1. The van der Waals surface area contributed by atoms with E-state index >= 15 is 0 Å². The van der Waals surface area contributed by atoms with Crippen LogP contribution in [0.2, 0.25) is 10.0 Å². The molecule has 2 heterocycles. The number of hydrogen-bond acceptors (Lipinski definition) is 5. The van der Waals surface area contributed by atoms with Gasteiger partial charge in [-0.3, -0.25) is 9.59 Å². The van der Waals surface area contributed by atoms with Gasteiger partial charge in [-0.05, 0) is 55.9 Å². The van der Waals surface area contributed by atoms with Gasteiger partial charge in [0.1, 0.15) is 6.17 Å². The fourth-order valence-corrected chi connectivity index (χ4v) is 6.48. The first-order valence-electron chi connectivity index (χ1n) is 15.3. The van der Waals surface area contributed by atoms with Crippen molar-refractivity contribution in [2.45, 2.75) is 77.8 Å². The summed E-state index contributed by atoms with van der Waals surface area (Å²) in [4.78, 5) is 32.5. The molecule has 1 aliphatic carbocycles. The number of anilines is 3. The summed E-state index contributed by atoms with van der Waals surface area (Å²) in [6, 6.07) is 6.41. The second kappa shape index (κ2) is 13.1. The van der Waals surface area contributed by atoms with Gasteiger partial charge in [-0.25, -0.2) is 9.37 Å². The molecule has 3 N–H and O–H groups in total. The molecule has 8 nitrogen and oxygen atoms in total. The number of rotatable bonds is 7. The van der Waals surface area contributed by atoms with Crippen LogP contribution in [0.15, 0.2) is 24.3 Å². The van der Waals surface area contributed by atoms with Crippen LogP contribution < -0.4 is 20.9 Å². The van der Waals surface area contributed by atoms with Crippen LogP contribution in [0.4, 0.5) is 34.9 Å². The number of fused-ring (bicyclic) bond motifs is 1. The van der Waals surface area contributed by atoms with E-state index in [2.05, 4.69) is 16.0 Å². The number of hydrogen-bond donors (Lipinski definition) is 3. The number of aromatic nitrogens is 2. The van der Waals surface area contributed by atoms with Crippen LogP contribution in [-0.2, 0) is 18.4 Å². The van der Waals surface area contributed by atoms with Crippen molar-refractivity contribution in [1.82, 2.24) is 20.2 Å². The lowest BCUT2D eigenvalue weighted by Gasteiger charge is -2.30. The third-order valence-electron chi connectivity index (χ3n) is 8.77. The van der Waals surface area contributed by atoms with Gasteiger partial charge in [0, 0.05) is 38.1 Å². The molecule has 0 bridgehead atoms. The number of nitrogens with zero attached hydrogens (tertiary/aromatic N) is 3. The number of nitrogens with one attached hydrogen (secondary N) is 3. The minimum Gasteiger partial charge on any atom is -0.368 e. The highest BCUT2D eigenvalue weighted by atomic mass is 35.5. The Balaban J connectivity index is 1.43. The summed E-state index contributed by atoms with van der Waals surface area (Å²) >= 11 is 13.3. The van der Waals surface area contributed by atoms with Gasteiger partial charge >= 0.3 is 6.18 Å². The second-order valence-electron chi connectivity index (χ2n) is 13.2. The molecule has 2 amide bonds. The van der Waals surface area contributed by atoms with Crippen LogP contribution >= 0.6 is 23.2 Å². The van der Waals surface area contributed by atoms with Gasteiger partial charge in [-0.2, -0.15) is 13.2 Å². The van der Waals surface area contributed by atoms with Crippen molar-refractivity contribution in [3.8, 4) is 0 Å². The normalized spacial score (nSPS) is 20.7. The van der Waals surface area contributed by atoms with E-state index in [4.69, 9.17) is 28.2 Å². The summed E-state index contributed by atoms with van der Waals surface area (Å²) in [5.41, 5.74) is 2.38. The molecule has 250 valence electrons. The summed E-state index contributed by atoms with van der Waals surface area (Å²) < 4.78 is 55.6. The van der Waals surface area contributed by atoms with Gasteiger partial charge < -0.3 is 25.4 Å². The Hall–Kier alpha value is -3.25. The topological polar surface area (TPSA) is 91.3 Å². The molecule has 1 aromatic heterocycles. The zero-order chi connectivity index (χ0) is 33.6. The lowest BCUT2D eigenvalue weighted by atomic mass is 9.85. The van der Waals surface area contributed by atoms with E-state index < -0.39 is 35.6 Å². The Morgan fingerprint density at radius 1 is 1.04 bits per heavy atom. The van der Waals surface area contributed by atoms with E-state index in [1.807, 2.05) is 25.7 Å². The summed E-state index contributed by atoms with van der Waals surface area (Å²) in [6.45, 7) is 6.16. The van der Waals surface area contributed by atoms with Crippen molar-refractivity contribution < 1.29 is 27.2 Å². The molecule has 5 rings (SSSR count). The molecule has 3 aromatic rings. The SMILES string of the molecule is Cn1c(Nc2c(Cl)ccc(CNC(=O)C(C)(C)C)c2Cl)nc2cc(C(=O)NC3CCC(C(F)(F)F)CC3)c(N3CC[C@@H](F)C3)cc21. The van der Waals surface area contributed by atoms with E-state index in [1.165, 1.54) is 0 Å². The highest BCUT2D eigenvalue weighted by molar-refractivity contribution is 6.39. The van der Waals surface area contributed by atoms with Crippen molar-refractivity contribution in [2.24, 2.45) is 18.4 Å². The van der Waals surface area contributed by atoms with E-state index in [1.54, 1.807) is 35.9 Å². The number of carbonyl (C=O) groups excluding carboxylic acids is 2. The predicted molar refractivity (Wildman–Crippen MR) is 173 cm³/mol. The minimum absolute atomic E-state index is 0.0411. The fraction of sp³-hybridized carbons (Fsp3) is 0.531. The predicted octanol–water partition coefficient (Wildman–Crippen LogP) is 7.69. The monoisotopic (exact) mass is 684 g/mol. The molecule has 1 aliphatic heterocycles. The molecule has 2 aromatic carbocycles. The van der Waals surface area contributed by atoms with Gasteiger partial charge in [-0.15, -0.1) is 0 Å². The molecule has 0 unspecified atom stereocenters. The number of alkyl halides is 4. The highest BCUT2D eigenvalue weighted by Gasteiger charge is 2.41. The van der Waals surface area contributed by atoms with Crippen LogP contribution in [0.1, 0.15) is 68.8 Å². The molecule has 1 saturated carbocycles. The van der Waals surface area contributed by atoms with Crippen molar-refractivity contribution in [1.29, 1.82) is 0 Å². The first-order chi connectivity index (χ1) is 21.5. The van der Waals surface area contributed by atoms with Crippen molar-refractivity contribution in [2.75, 3.05) is 23.3 Å². The third-order valence-corrected chi connectivity index (χ3v) is 9.51. The van der Waals surface area contributed by atoms with Crippen molar-refractivity contribution in [3.05, 3.63) is 45.4 Å². The standard InChI is InChI=1S/C32H38Cl2F4N6O2/c1-31(2,3)29(46)39-15-17-5-10-22(33)27(26(17)34)42-30-41-23-13-21(24(14-25(23)43(30)4)44-12-11-19(35)16-44)28(45)40-20-8-6-18(7-9-20)32(36,37)38/h5,10,13-14,18-20H,6-9,11-12,15-16H2,1-4H3,(H,39,46)(H,40,45)(H,41,42)/t18?,19-,20?/m1/s1. The minimum atomic E-state index is -4.24. The van der Waals surface area contributed by atoms with E-state index in [9.17, 15) is 27.2 Å². The molecule has 0 spiro atoms. The molecular weight excluding hydrogens is 647 g/mol. The first kappa shape index (κ1) is 34.1. The fourth-order valence-electron chi connectivity index (χ4n) is 5.95. The summed E-state index contributed by atoms with van der Waals surface area (Å²) in [6.07, 6.45) is -4.60. The number of amides is 2. The molecule has 2 aliphatic rings. The number of carbonyl (C=O) groups is 2. The molecule has 0 radical (unpaired) electrons. The Kier molecular flexibility index (Phi) is 9.71. The van der Waals surface area contributed by atoms with Gasteiger partial charge in [0.25, 0.3) is 5.91 Å². The van der Waals surface area contributed by atoms with Crippen LogP contribution in [0, 0.1) is 11.3 Å². The van der Waals surface area contributed by atoms with E-state index in [-0.39, 0.29) is 50.2 Å². The van der Waals surface area contributed by atoms with Crippen LogP contribution in [0.5, 0.6) is 0 Å². The van der Waals surface area contributed by atoms with Crippen molar-refractivity contribution >= 4 is 63.4 Å². The first-order valence-corrected chi connectivity index (χ1v) is 16.1. The van der Waals surface area contributed by atoms with Crippen molar-refractivity contribution in [3.63, 3.8) is 0 Å². The molecular formula is C32H38Cl2F4N6O2. The summed E-state index contributed by atoms with van der Waals surface area (Å²) in [5.74, 6) is -1.56. The van der Waals surface area contributed by atoms with Gasteiger partial charge in [0.05, 0.1) is 43.9 Å². The number of benzene rings is 2. The zero-order valence-electron chi connectivity index (χ0n) is 26.1. The van der Waals surface area contributed by atoms with Gasteiger partial charge in [0.15, 0.2) is 0 Å². The quantitative estimate of drug-likeness (QED) is 0.222. The Bertz CT molecular complexity index is 1630. The van der Waals surface area contributed by atoms with Crippen LogP contribution in [0.25, 0.3) is 11.0 Å². The summed E-state index contributed by atoms with van der Waals surface area (Å²) in [7, 11) is 1.78. The van der Waals surface area contributed by atoms with E-state index in [0.29, 0.717) is 56.9 Å². The Morgan fingerprint density at radius 2 is 1.74 bits per heavy atom. The summed E-state index contributed by atoms with van der Waals surface area (Å²) in [5, 5.41) is 9.62. The van der Waals surface area contributed by atoms with E-state index in [0.717, 1.165) is 0 Å². The van der Waals surface area contributed by atoms with Gasteiger partial charge in [0.2, 0.25) is 11.9 Å². The lowest BCUT2D eigenvalue weighted by Crippen LogP contribution is -2.40. The second-order valence-corrected chi connectivity index (χ2v) is 14.0. The van der Waals surface area contributed by atoms with Crippen LogP contribution in [-0.4, -0.2) is 52.8 Å². The molecule has 1 saturated heterocycles. The molecule has 14 heteroatoms. The Labute approximate surface area is 275 Å². The maximum absolute atomic E-state index is 14.3. The molecule has 1 atom stereocenters. The lowest BCUT2D eigenvalue weighted by molar-refractivity contribution is -0.182. The Morgan fingerprint density at radius 3 is 2.35 bits per heavy atom. The average Bonchev–Trinajstić information content (AvgIpc) is 3.55. The number of aryl methyl sites for hydroxylation is 1. The van der Waals surface area contributed by atoms with Crippen LogP contribution in [0.3, 0.4) is 0 Å². The smallest absolute Gasteiger partial charge is 0.368 e. The highest BCUT2D eigenvalue weighted by Crippen LogP contribution is 2.39. The van der Waals surface area contributed by atoms with Gasteiger partial charge in [-0.1, -0.05) is 50.0 Å². The molecule has 46 heavy (non-hydrogen) atoms. The third kappa shape index (κ3) is 7.33.